The number of nitrogens with two attached hydrogens (primary N) is 1. The molecule has 5 N–H and O–H groups in total. The summed E-state index contributed by atoms with van der Waals surface area (Å²) in [6, 6.07) is 0. The first-order valence-corrected chi connectivity index (χ1v) is 5.98. The van der Waals surface area contributed by atoms with Gasteiger partial charge in [-0.05, 0) is 25.2 Å². The summed E-state index contributed by atoms with van der Waals surface area (Å²) < 4.78 is 0. The fourth-order valence-electron chi connectivity index (χ4n) is 1.87. The van der Waals surface area contributed by atoms with Crippen molar-refractivity contribution < 1.29 is 5.11 Å². The van der Waals surface area contributed by atoms with E-state index in [2.05, 4.69) is 20.7 Å². The van der Waals surface area contributed by atoms with Crippen molar-refractivity contribution in [3.63, 3.8) is 0 Å². The van der Waals surface area contributed by atoms with Crippen LogP contribution in [0.25, 0.3) is 0 Å². The number of anilines is 2. The number of nitrogens with one attached hydrogen (secondary N) is 2. The zero-order valence-electron chi connectivity index (χ0n) is 9.98. The average molecular weight is 237 g/mol. The van der Waals surface area contributed by atoms with Crippen LogP contribution < -0.4 is 16.6 Å². The molecule has 2 rings (SSSR count). The largest absolute Gasteiger partial charge is 0.391 e. The topological polar surface area (TPSA) is 96.1 Å². The normalized spacial score (nSPS) is 16.6. The van der Waals surface area contributed by atoms with Gasteiger partial charge in [-0.2, -0.15) is 0 Å². The molecular formula is C11H19N5O. The van der Waals surface area contributed by atoms with Gasteiger partial charge in [0.25, 0.3) is 0 Å². The maximum atomic E-state index is 9.79. The third-order valence-corrected chi connectivity index (χ3v) is 3.08. The number of hydrogen-bond acceptors (Lipinski definition) is 6. The zero-order chi connectivity index (χ0) is 12.3. The van der Waals surface area contributed by atoms with E-state index in [9.17, 15) is 5.11 Å². The molecule has 1 heterocycles. The van der Waals surface area contributed by atoms with Crippen molar-refractivity contribution in [1.82, 2.24) is 9.97 Å². The fourth-order valence-corrected chi connectivity index (χ4v) is 1.87. The minimum absolute atomic E-state index is 0.288. The van der Waals surface area contributed by atoms with Crippen LogP contribution in [0, 0.1) is 5.92 Å². The molecule has 17 heavy (non-hydrogen) atoms. The van der Waals surface area contributed by atoms with E-state index in [4.69, 9.17) is 5.84 Å². The van der Waals surface area contributed by atoms with Crippen molar-refractivity contribution >= 4 is 11.6 Å². The molecule has 0 bridgehead atoms. The highest BCUT2D eigenvalue weighted by Gasteiger charge is 2.29. The van der Waals surface area contributed by atoms with Crippen LogP contribution in [0.5, 0.6) is 0 Å². The van der Waals surface area contributed by atoms with Gasteiger partial charge in [-0.15, -0.1) is 0 Å². The summed E-state index contributed by atoms with van der Waals surface area (Å²) in [7, 11) is 0. The lowest BCUT2D eigenvalue weighted by Gasteiger charge is -2.15. The Kier molecular flexibility index (Phi) is 3.75. The third-order valence-electron chi connectivity index (χ3n) is 3.08. The van der Waals surface area contributed by atoms with Crippen LogP contribution in [0.4, 0.5) is 11.6 Å². The Morgan fingerprint density at radius 3 is 2.76 bits per heavy atom. The van der Waals surface area contributed by atoms with E-state index < -0.39 is 0 Å². The van der Waals surface area contributed by atoms with Gasteiger partial charge >= 0.3 is 0 Å². The molecule has 0 aromatic carbocycles. The molecule has 0 radical (unpaired) electrons. The van der Waals surface area contributed by atoms with E-state index in [-0.39, 0.29) is 6.10 Å². The van der Waals surface area contributed by atoms with Gasteiger partial charge in [-0.3, -0.25) is 0 Å². The second-order valence-corrected chi connectivity index (χ2v) is 4.33. The molecule has 1 atom stereocenters. The van der Waals surface area contributed by atoms with Gasteiger partial charge in [-0.25, -0.2) is 15.8 Å². The van der Waals surface area contributed by atoms with E-state index in [0.717, 1.165) is 30.6 Å². The standard InChI is InChI=1S/C11H19N5O/c1-2-8-10(14-6-15-11(8)16-12)13-5-9(17)7-3-4-7/h6-7,9,17H,2-5,12H2,1H3,(H2,13,14,15,16). The van der Waals surface area contributed by atoms with Gasteiger partial charge in [0.15, 0.2) is 0 Å². The Morgan fingerprint density at radius 2 is 2.18 bits per heavy atom. The van der Waals surface area contributed by atoms with Crippen molar-refractivity contribution in [2.75, 3.05) is 17.3 Å². The molecule has 1 fully saturated rings. The number of nitrogen functional groups attached to an aromatic ring is 1. The summed E-state index contributed by atoms with van der Waals surface area (Å²) in [6.45, 7) is 2.54. The molecule has 0 saturated heterocycles. The molecule has 94 valence electrons. The summed E-state index contributed by atoms with van der Waals surface area (Å²) in [4.78, 5) is 8.23. The Bertz CT molecular complexity index is 380. The lowest BCUT2D eigenvalue weighted by Crippen LogP contribution is -2.23. The second kappa shape index (κ2) is 5.29. The monoisotopic (exact) mass is 237 g/mol. The summed E-state index contributed by atoms with van der Waals surface area (Å²) in [5.74, 6) is 7.23. The first kappa shape index (κ1) is 12.1. The maximum absolute atomic E-state index is 9.79. The van der Waals surface area contributed by atoms with Crippen molar-refractivity contribution in [3.8, 4) is 0 Å². The van der Waals surface area contributed by atoms with Crippen LogP contribution in [-0.2, 0) is 6.42 Å². The van der Waals surface area contributed by atoms with Crippen molar-refractivity contribution in [2.45, 2.75) is 32.3 Å². The number of hydrazine groups is 1. The zero-order valence-corrected chi connectivity index (χ0v) is 9.98. The first-order chi connectivity index (χ1) is 8.26. The van der Waals surface area contributed by atoms with E-state index in [0.29, 0.717) is 18.3 Å². The minimum Gasteiger partial charge on any atom is -0.391 e. The van der Waals surface area contributed by atoms with Crippen LogP contribution >= 0.6 is 0 Å². The van der Waals surface area contributed by atoms with E-state index >= 15 is 0 Å². The van der Waals surface area contributed by atoms with Crippen LogP contribution in [0.1, 0.15) is 25.3 Å². The van der Waals surface area contributed by atoms with E-state index in [1.807, 2.05) is 6.92 Å². The molecule has 0 spiro atoms. The van der Waals surface area contributed by atoms with Crippen molar-refractivity contribution in [1.29, 1.82) is 0 Å². The molecule has 1 aliphatic rings. The second-order valence-electron chi connectivity index (χ2n) is 4.33. The highest BCUT2D eigenvalue weighted by molar-refractivity contribution is 5.56. The minimum atomic E-state index is -0.288. The third kappa shape index (κ3) is 2.83. The smallest absolute Gasteiger partial charge is 0.148 e. The predicted octanol–water partition coefficient (Wildman–Crippen LogP) is 0.507. The number of rotatable bonds is 6. The maximum Gasteiger partial charge on any atom is 0.148 e. The molecule has 0 amide bonds. The quantitative estimate of drug-likeness (QED) is 0.425. The summed E-state index contributed by atoms with van der Waals surface area (Å²) in [5.41, 5.74) is 3.50. The van der Waals surface area contributed by atoms with Crippen LogP contribution in [0.15, 0.2) is 6.33 Å². The highest BCUT2D eigenvalue weighted by atomic mass is 16.3. The Hall–Kier alpha value is -1.40. The first-order valence-electron chi connectivity index (χ1n) is 5.98. The summed E-state index contributed by atoms with van der Waals surface area (Å²) in [5, 5.41) is 13.0. The van der Waals surface area contributed by atoms with Crippen LogP contribution in [0.3, 0.4) is 0 Å². The molecule has 1 unspecified atom stereocenters. The molecule has 6 heteroatoms. The van der Waals surface area contributed by atoms with Crippen molar-refractivity contribution in [3.05, 3.63) is 11.9 Å². The average Bonchev–Trinajstić information content (AvgIpc) is 3.19. The van der Waals surface area contributed by atoms with E-state index in [1.54, 1.807) is 0 Å². The highest BCUT2D eigenvalue weighted by Crippen LogP contribution is 2.32. The SMILES string of the molecule is CCc1c(NN)ncnc1NCC(O)C1CC1. The van der Waals surface area contributed by atoms with Gasteiger partial charge < -0.3 is 15.8 Å². The van der Waals surface area contributed by atoms with Gasteiger partial charge in [0.05, 0.1) is 6.10 Å². The predicted molar refractivity (Wildman–Crippen MR) is 66.4 cm³/mol. The number of aromatic nitrogens is 2. The summed E-state index contributed by atoms with van der Waals surface area (Å²) in [6.07, 6.45) is 4.21. The Morgan fingerprint density at radius 1 is 1.47 bits per heavy atom. The molecule has 0 aliphatic heterocycles. The molecule has 1 aliphatic carbocycles. The number of aliphatic hydroxyl groups excluding tert-OH is 1. The van der Waals surface area contributed by atoms with Gasteiger partial charge in [0.2, 0.25) is 0 Å². The van der Waals surface area contributed by atoms with Gasteiger partial charge in [-0.1, -0.05) is 6.92 Å². The molecule has 1 aromatic heterocycles. The molecular weight excluding hydrogens is 218 g/mol. The molecule has 1 aromatic rings. The Labute approximate surface area is 101 Å². The van der Waals surface area contributed by atoms with Crippen LogP contribution in [-0.4, -0.2) is 27.7 Å². The summed E-state index contributed by atoms with van der Waals surface area (Å²) >= 11 is 0. The van der Waals surface area contributed by atoms with Gasteiger partial charge in [0, 0.05) is 12.1 Å². The van der Waals surface area contributed by atoms with Crippen LogP contribution in [0.2, 0.25) is 0 Å². The molecule has 6 nitrogen and oxygen atoms in total. The number of nitrogens with zero attached hydrogens (tertiary/aromatic N) is 2. The van der Waals surface area contributed by atoms with E-state index in [1.165, 1.54) is 6.33 Å². The number of hydrogen-bond donors (Lipinski definition) is 4. The van der Waals surface area contributed by atoms with Gasteiger partial charge in [0.1, 0.15) is 18.0 Å². The fraction of sp³-hybridized carbons (Fsp3) is 0.636. The Balaban J connectivity index is 2.03. The molecule has 1 saturated carbocycles. The van der Waals surface area contributed by atoms with Crippen molar-refractivity contribution in [2.24, 2.45) is 11.8 Å². The lowest BCUT2D eigenvalue weighted by atomic mass is 10.2. The lowest BCUT2D eigenvalue weighted by molar-refractivity contribution is 0.164. The number of aliphatic hydroxyl groups is 1.